The maximum absolute atomic E-state index is 13.7. The Labute approximate surface area is 276 Å². The number of hydrogen-bond acceptors (Lipinski definition) is 20. The lowest BCUT2D eigenvalue weighted by atomic mass is 10.1. The predicted molar refractivity (Wildman–Crippen MR) is 164 cm³/mol. The summed E-state index contributed by atoms with van der Waals surface area (Å²) in [5.74, 6) is 0.233. The zero-order valence-electron chi connectivity index (χ0n) is 24.5. The molecule has 47 heavy (non-hydrogen) atoms. The van der Waals surface area contributed by atoms with Crippen molar-refractivity contribution in [1.82, 2.24) is 39.0 Å². The van der Waals surface area contributed by atoms with E-state index in [4.69, 9.17) is 67.8 Å². The second-order valence-corrected chi connectivity index (χ2v) is 16.5. The fraction of sp³-hybridized carbons (Fsp3) is 0.565. The van der Waals surface area contributed by atoms with Gasteiger partial charge in [-0.1, -0.05) is 11.8 Å². The van der Waals surface area contributed by atoms with Crippen molar-refractivity contribution in [2.24, 2.45) is 0 Å². The number of aromatic nitrogens is 8. The Morgan fingerprint density at radius 2 is 1.51 bits per heavy atom. The van der Waals surface area contributed by atoms with E-state index in [1.54, 1.807) is 18.4 Å². The van der Waals surface area contributed by atoms with Gasteiger partial charge in [0.05, 0.1) is 32.0 Å². The van der Waals surface area contributed by atoms with Gasteiger partial charge in [0.1, 0.15) is 67.0 Å². The molecule has 0 aromatic carbocycles. The smallest absolute Gasteiger partial charge is 0.200 e. The van der Waals surface area contributed by atoms with Crippen LogP contribution in [0.3, 0.4) is 0 Å². The Morgan fingerprint density at radius 1 is 0.936 bits per heavy atom. The first kappa shape index (κ1) is 33.1. The topological polar surface area (TPSA) is 264 Å². The molecule has 20 nitrogen and oxygen atoms in total. The number of imidazole rings is 2. The van der Waals surface area contributed by atoms with Crippen molar-refractivity contribution < 1.29 is 46.9 Å². The number of aliphatic hydroxyl groups is 1. The lowest BCUT2D eigenvalue weighted by molar-refractivity contribution is -0.219. The molecule has 0 radical (unpaired) electrons. The number of ether oxygens (including phenoxy) is 3. The van der Waals surface area contributed by atoms with E-state index in [1.807, 2.05) is 0 Å². The molecule has 0 amide bonds. The van der Waals surface area contributed by atoms with Crippen LogP contribution < -0.4 is 16.4 Å². The molecule has 5 N–H and O–H groups in total. The average molecular weight is 731 g/mol. The fourth-order valence-electron chi connectivity index (χ4n) is 5.65. The molecule has 2 bridgehead atoms. The van der Waals surface area contributed by atoms with Gasteiger partial charge < -0.3 is 66.0 Å². The Hall–Kier alpha value is -2.43. The van der Waals surface area contributed by atoms with Gasteiger partial charge in [-0.15, -0.1) is 0 Å². The number of nitrogens with zero attached hydrogens (tertiary/aromatic N) is 8. The van der Waals surface area contributed by atoms with Crippen LogP contribution in [0.1, 0.15) is 26.3 Å². The van der Waals surface area contributed by atoms with Gasteiger partial charge in [0, 0.05) is 0 Å². The zero-order chi connectivity index (χ0) is 33.2. The van der Waals surface area contributed by atoms with Crippen molar-refractivity contribution in [2.45, 2.75) is 69.0 Å². The van der Waals surface area contributed by atoms with E-state index in [0.717, 1.165) is 0 Å². The number of anilines is 2. The molecule has 4 aromatic heterocycles. The molecule has 3 aliphatic heterocycles. The van der Waals surface area contributed by atoms with Crippen molar-refractivity contribution in [3.05, 3.63) is 25.3 Å². The van der Waals surface area contributed by atoms with Crippen LogP contribution in [0.5, 0.6) is 0 Å². The highest BCUT2D eigenvalue weighted by atomic mass is 32.7. The van der Waals surface area contributed by atoms with Crippen LogP contribution in [0, 0.1) is 0 Å². The minimum absolute atomic E-state index is 0.0945. The van der Waals surface area contributed by atoms with Crippen LogP contribution in [0.2, 0.25) is 0 Å². The van der Waals surface area contributed by atoms with E-state index in [2.05, 4.69) is 29.9 Å². The number of rotatable bonds is 4. The SMILES string of the molecule is CC(C)O[C@@H]1[C@@H]2OP([O-])(=S)OC[C@H]3O[C@@H](n4cnc5c(N)ncnc54)[C@H](OP(=O)([S-])OC[C@H]2O[C@H]1n1cnc2c(N)ncnc21)[C@@H]3O. The summed E-state index contributed by atoms with van der Waals surface area (Å²) >= 11 is 10.5. The van der Waals surface area contributed by atoms with Crippen molar-refractivity contribution in [3.8, 4) is 0 Å². The van der Waals surface area contributed by atoms with Crippen LogP contribution in [0.25, 0.3) is 22.3 Å². The van der Waals surface area contributed by atoms with Crippen LogP contribution in [-0.2, 0) is 60.9 Å². The van der Waals surface area contributed by atoms with Gasteiger partial charge in [0.15, 0.2) is 35.4 Å². The summed E-state index contributed by atoms with van der Waals surface area (Å²) in [6.45, 7) is -6.26. The largest absolute Gasteiger partial charge is 0.780 e. The monoisotopic (exact) mass is 730 g/mol. The van der Waals surface area contributed by atoms with Crippen LogP contribution >= 0.6 is 13.5 Å². The van der Waals surface area contributed by atoms with E-state index >= 15 is 0 Å². The number of fused-ring (bicyclic) bond motifs is 5. The molecule has 0 spiro atoms. The van der Waals surface area contributed by atoms with Gasteiger partial charge in [-0.2, -0.15) is 0 Å². The minimum atomic E-state index is -4.42. The van der Waals surface area contributed by atoms with Crippen molar-refractivity contribution in [1.29, 1.82) is 0 Å². The lowest BCUT2D eigenvalue weighted by Gasteiger charge is -2.35. The van der Waals surface area contributed by atoms with Gasteiger partial charge in [0.2, 0.25) is 6.80 Å². The third kappa shape index (κ3) is 6.27. The normalized spacial score (nSPS) is 36.7. The standard InChI is InChI=1S/C23H30N10O10P2S2/c1-9(2)39-17-15-11(41-23(17)33-8-31-13-19(25)27-6-29-21(13)33)4-38-45(36,47)43-16-14(34)10(3-37-44(35,46)42-15)40-22(16)32-7-30-12-18(24)26-5-28-20(12)32/h5-11,14-17,22-23,34H,3-4H2,1-2H3,(H,35,46)(H,36,47)(H2,24,26,28)(H2,25,27,29)/p-2/t10-,11-,14-,15-,16-,17-,22-,23-,44?,45?/m1/s1. The Morgan fingerprint density at radius 3 is 2.13 bits per heavy atom. The molecular weight excluding hydrogens is 702 g/mol. The van der Waals surface area contributed by atoms with Crippen LogP contribution in [-0.4, -0.2) is 100 Å². The summed E-state index contributed by atoms with van der Waals surface area (Å²) in [5, 5.41) is 11.2. The summed E-state index contributed by atoms with van der Waals surface area (Å²) < 4.78 is 58.0. The summed E-state index contributed by atoms with van der Waals surface area (Å²) in [4.78, 5) is 38.5. The van der Waals surface area contributed by atoms with E-state index in [0.29, 0.717) is 11.2 Å². The zero-order valence-corrected chi connectivity index (χ0v) is 27.9. The molecule has 7 rings (SSSR count). The molecule has 3 fully saturated rings. The first-order valence-corrected chi connectivity index (χ1v) is 19.2. The maximum atomic E-state index is 13.7. The van der Waals surface area contributed by atoms with Crippen molar-refractivity contribution in [2.75, 3.05) is 24.7 Å². The molecular formula is C23H28N10O10P2S2-2. The van der Waals surface area contributed by atoms with Crippen LogP contribution in [0.4, 0.5) is 11.6 Å². The summed E-state index contributed by atoms with van der Waals surface area (Å²) in [5.41, 5.74) is 13.0. The van der Waals surface area contributed by atoms with E-state index < -0.39 is 75.8 Å². The third-order valence-electron chi connectivity index (χ3n) is 7.65. The first-order valence-electron chi connectivity index (χ1n) is 14.1. The number of nitrogen functional groups attached to an aromatic ring is 2. The highest BCUT2D eigenvalue weighted by molar-refractivity contribution is 8.32. The predicted octanol–water partition coefficient (Wildman–Crippen LogP) is -0.163. The van der Waals surface area contributed by atoms with Gasteiger partial charge in [-0.05, 0) is 13.8 Å². The lowest BCUT2D eigenvalue weighted by Crippen LogP contribution is -2.40. The quantitative estimate of drug-likeness (QED) is 0.182. The van der Waals surface area contributed by atoms with E-state index in [-0.39, 0.29) is 28.9 Å². The van der Waals surface area contributed by atoms with Gasteiger partial charge >= 0.3 is 0 Å². The van der Waals surface area contributed by atoms with E-state index in [9.17, 15) is 14.6 Å². The molecule has 7 heterocycles. The summed E-state index contributed by atoms with van der Waals surface area (Å²) in [7, 11) is 0. The maximum Gasteiger partial charge on any atom is 0.200 e. The van der Waals surface area contributed by atoms with Crippen molar-refractivity contribution in [3.63, 3.8) is 0 Å². The third-order valence-corrected chi connectivity index (χ3v) is 10.7. The number of nitrogens with two attached hydrogens (primary N) is 2. The highest BCUT2D eigenvalue weighted by Gasteiger charge is 2.52. The Balaban J connectivity index is 1.23. The summed E-state index contributed by atoms with van der Waals surface area (Å²) in [6, 6.07) is 0. The molecule has 254 valence electrons. The second-order valence-electron chi connectivity index (χ2n) is 11.1. The molecule has 0 saturated carbocycles. The van der Waals surface area contributed by atoms with Gasteiger partial charge in [0.25, 0.3) is 0 Å². The molecule has 3 saturated heterocycles. The second kappa shape index (κ2) is 12.5. The van der Waals surface area contributed by atoms with Crippen molar-refractivity contribution >= 4 is 71.5 Å². The fourth-order valence-corrected chi connectivity index (χ4v) is 8.47. The first-order chi connectivity index (χ1) is 22.3. The minimum Gasteiger partial charge on any atom is -0.780 e. The highest BCUT2D eigenvalue weighted by Crippen LogP contribution is 2.54. The summed E-state index contributed by atoms with van der Waals surface area (Å²) in [6.07, 6.45) is -4.85. The Kier molecular flexibility index (Phi) is 8.78. The molecule has 0 aliphatic carbocycles. The Bertz CT molecular complexity index is 1900. The molecule has 24 heteroatoms. The number of hydrogen-bond donors (Lipinski definition) is 3. The van der Waals surface area contributed by atoms with E-state index in [1.165, 1.54) is 29.9 Å². The molecule has 4 aromatic rings. The van der Waals surface area contributed by atoms with Crippen LogP contribution in [0.15, 0.2) is 25.3 Å². The molecule has 10 atom stereocenters. The van der Waals surface area contributed by atoms with Gasteiger partial charge in [-0.3, -0.25) is 13.7 Å². The molecule has 2 unspecified atom stereocenters. The van der Waals surface area contributed by atoms with Gasteiger partial charge in [-0.25, -0.2) is 29.9 Å². The average Bonchev–Trinajstić information content (AvgIpc) is 3.77. The number of aliphatic hydroxyl groups excluding tert-OH is 1. The molecule has 3 aliphatic rings.